The van der Waals surface area contributed by atoms with Crippen LogP contribution in [0.3, 0.4) is 0 Å². The second kappa shape index (κ2) is 5.97. The summed E-state index contributed by atoms with van der Waals surface area (Å²) in [4.78, 5) is 0. The molecule has 2 rings (SSSR count). The van der Waals surface area contributed by atoms with E-state index >= 15 is 0 Å². The first-order chi connectivity index (χ1) is 9.06. The van der Waals surface area contributed by atoms with Gasteiger partial charge in [0.1, 0.15) is 5.82 Å². The van der Waals surface area contributed by atoms with Crippen LogP contribution in [0.4, 0.5) is 4.39 Å². The molecule has 1 aromatic carbocycles. The van der Waals surface area contributed by atoms with Crippen LogP contribution in [0, 0.1) is 5.82 Å². The van der Waals surface area contributed by atoms with Gasteiger partial charge in [-0.05, 0) is 44.5 Å². The first kappa shape index (κ1) is 13.7. The van der Waals surface area contributed by atoms with Gasteiger partial charge in [0.15, 0.2) is 0 Å². The zero-order valence-electron chi connectivity index (χ0n) is 11.6. The molecule has 0 fully saturated rings. The summed E-state index contributed by atoms with van der Waals surface area (Å²) in [6.07, 6.45) is 1.98. The lowest BCUT2D eigenvalue weighted by atomic mass is 10.1. The third-order valence-corrected chi connectivity index (χ3v) is 3.13. The fourth-order valence-corrected chi connectivity index (χ4v) is 1.91. The number of benzene rings is 1. The van der Waals surface area contributed by atoms with Gasteiger partial charge in [0.25, 0.3) is 0 Å². The largest absolute Gasteiger partial charge is 0.304 e. The summed E-state index contributed by atoms with van der Waals surface area (Å²) in [7, 11) is 0. The first-order valence-electron chi connectivity index (χ1n) is 6.59. The molecular weight excluding hydrogens is 241 g/mol. The third kappa shape index (κ3) is 3.64. The molecule has 1 atom stereocenters. The Labute approximate surface area is 113 Å². The van der Waals surface area contributed by atoms with E-state index in [0.29, 0.717) is 12.6 Å². The minimum Gasteiger partial charge on any atom is -0.304 e. The van der Waals surface area contributed by atoms with Gasteiger partial charge in [-0.15, -0.1) is 0 Å². The number of hydrogen-bond donors (Lipinski definition) is 1. The van der Waals surface area contributed by atoms with Gasteiger partial charge in [0.05, 0.1) is 5.69 Å². The van der Waals surface area contributed by atoms with Gasteiger partial charge in [0, 0.05) is 24.8 Å². The highest BCUT2D eigenvalue weighted by Gasteiger charge is 2.07. The molecule has 1 N–H and O–H groups in total. The lowest BCUT2D eigenvalue weighted by molar-refractivity contribution is 0.511. The Kier molecular flexibility index (Phi) is 4.32. The fourth-order valence-electron chi connectivity index (χ4n) is 1.91. The van der Waals surface area contributed by atoms with Gasteiger partial charge in [-0.2, -0.15) is 5.10 Å². The van der Waals surface area contributed by atoms with E-state index in [-0.39, 0.29) is 11.9 Å². The highest BCUT2D eigenvalue weighted by molar-refractivity contribution is 5.19. The fraction of sp³-hybridized carbons (Fsp3) is 0.400. The molecule has 1 heterocycles. The molecular formula is C15H20FN3. The standard InChI is InChI=1S/C15H20FN3/c1-11(2)19-8-7-15(18-19)10-17-12(3)13-5-4-6-14(16)9-13/h4-9,11-12,17H,10H2,1-3H3/t12-/m1/s1. The molecule has 4 heteroatoms. The van der Waals surface area contributed by atoms with Crippen LogP contribution >= 0.6 is 0 Å². The molecule has 102 valence electrons. The van der Waals surface area contributed by atoms with Crippen molar-refractivity contribution in [3.8, 4) is 0 Å². The Morgan fingerprint density at radius 3 is 2.68 bits per heavy atom. The van der Waals surface area contributed by atoms with E-state index in [9.17, 15) is 4.39 Å². The summed E-state index contributed by atoms with van der Waals surface area (Å²) < 4.78 is 15.1. The second-order valence-electron chi connectivity index (χ2n) is 5.04. The number of hydrogen-bond acceptors (Lipinski definition) is 2. The van der Waals surface area contributed by atoms with Gasteiger partial charge in [-0.3, -0.25) is 4.68 Å². The van der Waals surface area contributed by atoms with Crippen molar-refractivity contribution in [3.63, 3.8) is 0 Å². The topological polar surface area (TPSA) is 29.9 Å². The highest BCUT2D eigenvalue weighted by atomic mass is 19.1. The van der Waals surface area contributed by atoms with Crippen LogP contribution < -0.4 is 5.32 Å². The second-order valence-corrected chi connectivity index (χ2v) is 5.04. The van der Waals surface area contributed by atoms with Crippen molar-refractivity contribution < 1.29 is 4.39 Å². The lowest BCUT2D eigenvalue weighted by Gasteiger charge is -2.13. The van der Waals surface area contributed by atoms with E-state index in [1.807, 2.05) is 29.9 Å². The molecule has 19 heavy (non-hydrogen) atoms. The van der Waals surface area contributed by atoms with Crippen molar-refractivity contribution in [2.45, 2.75) is 39.4 Å². The lowest BCUT2D eigenvalue weighted by Crippen LogP contribution is -2.18. The van der Waals surface area contributed by atoms with Crippen LogP contribution in [0.15, 0.2) is 36.5 Å². The summed E-state index contributed by atoms with van der Waals surface area (Å²) in [5.41, 5.74) is 1.94. The van der Waals surface area contributed by atoms with Crippen molar-refractivity contribution in [2.75, 3.05) is 0 Å². The zero-order chi connectivity index (χ0) is 13.8. The van der Waals surface area contributed by atoms with Gasteiger partial charge in [-0.1, -0.05) is 12.1 Å². The van der Waals surface area contributed by atoms with E-state index < -0.39 is 0 Å². The molecule has 0 bridgehead atoms. The van der Waals surface area contributed by atoms with Crippen LogP contribution in [0.5, 0.6) is 0 Å². The Bertz CT molecular complexity index is 534. The minimum absolute atomic E-state index is 0.0971. The van der Waals surface area contributed by atoms with Crippen molar-refractivity contribution >= 4 is 0 Å². The van der Waals surface area contributed by atoms with E-state index in [1.165, 1.54) is 6.07 Å². The molecule has 0 radical (unpaired) electrons. The number of nitrogens with one attached hydrogen (secondary N) is 1. The predicted molar refractivity (Wildman–Crippen MR) is 74.3 cm³/mol. The molecule has 2 aromatic rings. The smallest absolute Gasteiger partial charge is 0.123 e. The molecule has 0 aliphatic carbocycles. The van der Waals surface area contributed by atoms with Crippen LogP contribution in [0.1, 0.15) is 44.1 Å². The number of rotatable bonds is 5. The number of halogens is 1. The average molecular weight is 261 g/mol. The van der Waals surface area contributed by atoms with Crippen molar-refractivity contribution in [2.24, 2.45) is 0 Å². The highest BCUT2D eigenvalue weighted by Crippen LogP contribution is 2.14. The SMILES string of the molecule is CC(C)n1ccc(CN[C@H](C)c2cccc(F)c2)n1. The summed E-state index contributed by atoms with van der Waals surface area (Å²) in [5.74, 6) is -0.199. The van der Waals surface area contributed by atoms with Gasteiger partial charge >= 0.3 is 0 Å². The van der Waals surface area contributed by atoms with Crippen LogP contribution in [0.2, 0.25) is 0 Å². The van der Waals surface area contributed by atoms with Crippen molar-refractivity contribution in [3.05, 3.63) is 53.6 Å². The van der Waals surface area contributed by atoms with Crippen LogP contribution in [-0.4, -0.2) is 9.78 Å². The summed E-state index contributed by atoms with van der Waals surface area (Å²) in [5, 5.41) is 7.83. The summed E-state index contributed by atoms with van der Waals surface area (Å²) >= 11 is 0. The summed E-state index contributed by atoms with van der Waals surface area (Å²) in [6, 6.07) is 9.15. The molecule has 0 saturated heterocycles. The Morgan fingerprint density at radius 2 is 2.05 bits per heavy atom. The predicted octanol–water partition coefficient (Wildman–Crippen LogP) is 3.45. The number of aromatic nitrogens is 2. The normalized spacial score (nSPS) is 12.9. The molecule has 0 amide bonds. The molecule has 0 saturated carbocycles. The minimum atomic E-state index is -0.199. The van der Waals surface area contributed by atoms with Crippen molar-refractivity contribution in [1.82, 2.24) is 15.1 Å². The van der Waals surface area contributed by atoms with E-state index in [1.54, 1.807) is 12.1 Å². The van der Waals surface area contributed by atoms with Gasteiger partial charge in [0.2, 0.25) is 0 Å². The van der Waals surface area contributed by atoms with E-state index in [2.05, 4.69) is 24.3 Å². The van der Waals surface area contributed by atoms with Crippen LogP contribution in [-0.2, 0) is 6.54 Å². The Hall–Kier alpha value is -1.68. The zero-order valence-corrected chi connectivity index (χ0v) is 11.6. The molecule has 0 spiro atoms. The Morgan fingerprint density at radius 1 is 1.26 bits per heavy atom. The number of nitrogens with zero attached hydrogens (tertiary/aromatic N) is 2. The third-order valence-electron chi connectivity index (χ3n) is 3.13. The average Bonchev–Trinajstić information content (AvgIpc) is 2.85. The molecule has 0 unspecified atom stereocenters. The monoisotopic (exact) mass is 261 g/mol. The maximum Gasteiger partial charge on any atom is 0.123 e. The quantitative estimate of drug-likeness (QED) is 0.893. The van der Waals surface area contributed by atoms with E-state index in [4.69, 9.17) is 0 Å². The Balaban J connectivity index is 1.94. The van der Waals surface area contributed by atoms with Crippen LogP contribution in [0.25, 0.3) is 0 Å². The van der Waals surface area contributed by atoms with Gasteiger partial charge < -0.3 is 5.32 Å². The molecule has 0 aliphatic heterocycles. The van der Waals surface area contributed by atoms with Crippen molar-refractivity contribution in [1.29, 1.82) is 0 Å². The first-order valence-corrected chi connectivity index (χ1v) is 6.59. The molecule has 3 nitrogen and oxygen atoms in total. The van der Waals surface area contributed by atoms with E-state index in [0.717, 1.165) is 11.3 Å². The summed E-state index contributed by atoms with van der Waals surface area (Å²) in [6.45, 7) is 6.89. The maximum atomic E-state index is 13.1. The molecule has 0 aliphatic rings. The van der Waals surface area contributed by atoms with Gasteiger partial charge in [-0.25, -0.2) is 4.39 Å². The molecule has 1 aromatic heterocycles. The maximum absolute atomic E-state index is 13.1.